The standard InChI is InChI=1S/C22H21N3O2S/c1-2-27-20-10-6-7-16(15-20)21(26)25-22(28)24-19-13-11-18(12-14-19)23-17-8-4-3-5-9-17/h3-15,23H,2H2,1H3,(H2,24,25,26,28). The van der Waals surface area contributed by atoms with Gasteiger partial charge in [-0.1, -0.05) is 24.3 Å². The summed E-state index contributed by atoms with van der Waals surface area (Å²) in [6.45, 7) is 2.44. The first-order chi connectivity index (χ1) is 13.6. The van der Waals surface area contributed by atoms with Crippen LogP contribution in [0, 0.1) is 0 Å². The van der Waals surface area contributed by atoms with Crippen LogP contribution in [0.4, 0.5) is 17.1 Å². The van der Waals surface area contributed by atoms with Crippen molar-refractivity contribution >= 4 is 40.3 Å². The van der Waals surface area contributed by atoms with Gasteiger partial charge in [0.15, 0.2) is 5.11 Å². The minimum atomic E-state index is -0.290. The number of para-hydroxylation sites is 1. The largest absolute Gasteiger partial charge is 0.494 e. The first kappa shape index (κ1) is 19.4. The van der Waals surface area contributed by atoms with Gasteiger partial charge in [-0.2, -0.15) is 0 Å². The molecule has 0 fully saturated rings. The number of ether oxygens (including phenoxy) is 1. The Morgan fingerprint density at radius 1 is 0.893 bits per heavy atom. The maximum absolute atomic E-state index is 12.4. The van der Waals surface area contributed by atoms with E-state index in [4.69, 9.17) is 17.0 Å². The number of anilines is 3. The van der Waals surface area contributed by atoms with Crippen LogP contribution >= 0.6 is 12.2 Å². The van der Waals surface area contributed by atoms with Crippen molar-refractivity contribution in [2.45, 2.75) is 6.92 Å². The fourth-order valence-corrected chi connectivity index (χ4v) is 2.77. The minimum absolute atomic E-state index is 0.232. The molecular weight excluding hydrogens is 370 g/mol. The average Bonchev–Trinajstić information content (AvgIpc) is 2.71. The average molecular weight is 391 g/mol. The van der Waals surface area contributed by atoms with Crippen LogP contribution in [0.25, 0.3) is 0 Å². The van der Waals surface area contributed by atoms with Gasteiger partial charge in [0.1, 0.15) is 5.75 Å². The lowest BCUT2D eigenvalue weighted by Crippen LogP contribution is -2.34. The highest BCUT2D eigenvalue weighted by atomic mass is 32.1. The first-order valence-electron chi connectivity index (χ1n) is 8.91. The van der Waals surface area contributed by atoms with E-state index in [-0.39, 0.29) is 11.0 Å². The number of rotatable bonds is 6. The SMILES string of the molecule is CCOc1cccc(C(=O)NC(=S)Nc2ccc(Nc3ccccc3)cc2)c1. The molecule has 142 valence electrons. The van der Waals surface area contributed by atoms with Crippen molar-refractivity contribution in [1.82, 2.24) is 5.32 Å². The molecule has 0 saturated heterocycles. The van der Waals surface area contributed by atoms with E-state index in [9.17, 15) is 4.79 Å². The summed E-state index contributed by atoms with van der Waals surface area (Å²) in [6, 6.07) is 24.5. The molecule has 3 aromatic carbocycles. The highest BCUT2D eigenvalue weighted by molar-refractivity contribution is 7.80. The highest BCUT2D eigenvalue weighted by Gasteiger charge is 2.09. The van der Waals surface area contributed by atoms with Crippen LogP contribution in [0.1, 0.15) is 17.3 Å². The van der Waals surface area contributed by atoms with E-state index in [0.29, 0.717) is 17.9 Å². The zero-order valence-corrected chi connectivity index (χ0v) is 16.3. The topological polar surface area (TPSA) is 62.4 Å². The number of nitrogens with one attached hydrogen (secondary N) is 3. The van der Waals surface area contributed by atoms with Crippen molar-refractivity contribution < 1.29 is 9.53 Å². The molecule has 0 saturated carbocycles. The molecule has 0 heterocycles. The molecular formula is C22H21N3O2S. The lowest BCUT2D eigenvalue weighted by molar-refractivity contribution is 0.0977. The molecule has 0 radical (unpaired) electrons. The molecule has 0 aliphatic rings. The molecule has 6 heteroatoms. The molecule has 3 aromatic rings. The predicted molar refractivity (Wildman–Crippen MR) is 117 cm³/mol. The Morgan fingerprint density at radius 3 is 2.29 bits per heavy atom. The molecule has 0 aliphatic carbocycles. The third-order valence-corrected chi connectivity index (χ3v) is 4.04. The smallest absolute Gasteiger partial charge is 0.257 e. The Kier molecular flexibility index (Phi) is 6.59. The van der Waals surface area contributed by atoms with Gasteiger partial charge in [-0.05, 0) is 73.7 Å². The molecule has 0 spiro atoms. The summed E-state index contributed by atoms with van der Waals surface area (Å²) in [7, 11) is 0. The maximum Gasteiger partial charge on any atom is 0.257 e. The number of thiocarbonyl (C=S) groups is 1. The van der Waals surface area contributed by atoms with Crippen LogP contribution in [0.2, 0.25) is 0 Å². The van der Waals surface area contributed by atoms with E-state index in [1.165, 1.54) is 0 Å². The van der Waals surface area contributed by atoms with Gasteiger partial charge >= 0.3 is 0 Å². The monoisotopic (exact) mass is 391 g/mol. The van der Waals surface area contributed by atoms with Crippen molar-refractivity contribution in [3.8, 4) is 5.75 Å². The van der Waals surface area contributed by atoms with Crippen molar-refractivity contribution in [3.63, 3.8) is 0 Å². The summed E-state index contributed by atoms with van der Waals surface area (Å²) in [5, 5.41) is 9.24. The molecule has 0 bridgehead atoms. The molecule has 1 amide bonds. The number of carbonyl (C=O) groups is 1. The van der Waals surface area contributed by atoms with Gasteiger partial charge in [-0.15, -0.1) is 0 Å². The van der Waals surface area contributed by atoms with Gasteiger partial charge in [0, 0.05) is 22.6 Å². The van der Waals surface area contributed by atoms with Crippen LogP contribution in [0.15, 0.2) is 78.9 Å². The fraction of sp³-hybridized carbons (Fsp3) is 0.0909. The van der Waals surface area contributed by atoms with Gasteiger partial charge in [-0.25, -0.2) is 0 Å². The van der Waals surface area contributed by atoms with Crippen LogP contribution in [0.3, 0.4) is 0 Å². The lowest BCUT2D eigenvalue weighted by Gasteiger charge is -2.11. The summed E-state index contributed by atoms with van der Waals surface area (Å²) < 4.78 is 5.42. The van der Waals surface area contributed by atoms with Crippen molar-refractivity contribution in [3.05, 3.63) is 84.4 Å². The van der Waals surface area contributed by atoms with Crippen LogP contribution < -0.4 is 20.7 Å². The van der Waals surface area contributed by atoms with E-state index < -0.39 is 0 Å². The minimum Gasteiger partial charge on any atom is -0.494 e. The summed E-state index contributed by atoms with van der Waals surface area (Å²) >= 11 is 5.24. The second-order valence-electron chi connectivity index (χ2n) is 5.94. The molecule has 0 unspecified atom stereocenters. The number of hydrogen-bond acceptors (Lipinski definition) is 4. The lowest BCUT2D eigenvalue weighted by atomic mass is 10.2. The van der Waals surface area contributed by atoms with Gasteiger partial charge < -0.3 is 15.4 Å². The zero-order chi connectivity index (χ0) is 19.8. The summed E-state index contributed by atoms with van der Waals surface area (Å²) in [6.07, 6.45) is 0. The van der Waals surface area contributed by atoms with Crippen LogP contribution in [0.5, 0.6) is 5.75 Å². The molecule has 3 N–H and O–H groups in total. The quantitative estimate of drug-likeness (QED) is 0.519. The fourth-order valence-electron chi connectivity index (χ4n) is 2.56. The van der Waals surface area contributed by atoms with E-state index in [1.807, 2.05) is 67.6 Å². The molecule has 5 nitrogen and oxygen atoms in total. The van der Waals surface area contributed by atoms with E-state index in [2.05, 4.69) is 16.0 Å². The molecule has 28 heavy (non-hydrogen) atoms. The number of hydrogen-bond donors (Lipinski definition) is 3. The maximum atomic E-state index is 12.4. The Balaban J connectivity index is 1.55. The molecule has 0 aliphatic heterocycles. The van der Waals surface area contributed by atoms with Crippen LogP contribution in [-0.4, -0.2) is 17.6 Å². The number of carbonyl (C=O) groups excluding carboxylic acids is 1. The second kappa shape index (κ2) is 9.53. The van der Waals surface area contributed by atoms with Crippen molar-refractivity contribution in [2.75, 3.05) is 17.2 Å². The van der Waals surface area contributed by atoms with E-state index >= 15 is 0 Å². The van der Waals surface area contributed by atoms with Crippen molar-refractivity contribution in [1.29, 1.82) is 0 Å². The third-order valence-electron chi connectivity index (χ3n) is 3.84. The zero-order valence-electron chi connectivity index (χ0n) is 15.4. The van der Waals surface area contributed by atoms with E-state index in [0.717, 1.165) is 17.1 Å². The second-order valence-corrected chi connectivity index (χ2v) is 6.35. The Morgan fingerprint density at radius 2 is 1.57 bits per heavy atom. The van der Waals surface area contributed by atoms with Crippen molar-refractivity contribution in [2.24, 2.45) is 0 Å². The number of benzene rings is 3. The summed E-state index contributed by atoms with van der Waals surface area (Å²) in [5.41, 5.74) is 3.24. The summed E-state index contributed by atoms with van der Waals surface area (Å²) in [5.74, 6) is 0.358. The predicted octanol–water partition coefficient (Wildman–Crippen LogP) is 4.96. The van der Waals surface area contributed by atoms with Gasteiger partial charge in [-0.3, -0.25) is 10.1 Å². The summed E-state index contributed by atoms with van der Waals surface area (Å²) in [4.78, 5) is 12.4. The first-order valence-corrected chi connectivity index (χ1v) is 9.32. The van der Waals surface area contributed by atoms with Crippen LogP contribution in [-0.2, 0) is 0 Å². The highest BCUT2D eigenvalue weighted by Crippen LogP contribution is 2.18. The normalized spacial score (nSPS) is 10.0. The van der Waals surface area contributed by atoms with Gasteiger partial charge in [0.05, 0.1) is 6.61 Å². The molecule has 0 aromatic heterocycles. The van der Waals surface area contributed by atoms with Gasteiger partial charge in [0.25, 0.3) is 5.91 Å². The van der Waals surface area contributed by atoms with Gasteiger partial charge in [0.2, 0.25) is 0 Å². The Bertz CT molecular complexity index is 944. The molecule has 0 atom stereocenters. The number of amides is 1. The Labute approximate surface area is 169 Å². The Hall–Kier alpha value is -3.38. The third kappa shape index (κ3) is 5.56. The van der Waals surface area contributed by atoms with E-state index in [1.54, 1.807) is 18.2 Å². The molecule has 3 rings (SSSR count).